The average molecular weight is 295 g/mol. The molecule has 2 heterocycles. The maximum Gasteiger partial charge on any atom is 0.471 e. The van der Waals surface area contributed by atoms with E-state index in [1.54, 1.807) is 29.6 Å². The maximum atomic E-state index is 12.3. The number of rotatable bonds is 2. The Morgan fingerprint density at radius 3 is 2.71 bits per heavy atom. The summed E-state index contributed by atoms with van der Waals surface area (Å²) in [5.74, 6) is -1.78. The Hall–Kier alpha value is -2.84. The summed E-state index contributed by atoms with van der Waals surface area (Å²) in [5, 5.41) is 7.91. The van der Waals surface area contributed by atoms with Crippen molar-refractivity contribution < 1.29 is 18.0 Å². The first kappa shape index (κ1) is 13.2. The summed E-state index contributed by atoms with van der Waals surface area (Å²) in [6, 6.07) is 7.10. The molecule has 0 fully saturated rings. The third-order valence-corrected chi connectivity index (χ3v) is 2.77. The zero-order chi connectivity index (χ0) is 15.0. The summed E-state index contributed by atoms with van der Waals surface area (Å²) in [6.07, 6.45) is -3.88. The second kappa shape index (κ2) is 4.62. The summed E-state index contributed by atoms with van der Waals surface area (Å²) < 4.78 is 36.8. The van der Waals surface area contributed by atoms with Gasteiger partial charge in [-0.1, -0.05) is 12.1 Å². The van der Waals surface area contributed by atoms with E-state index in [9.17, 15) is 18.0 Å². The Kier molecular flexibility index (Phi) is 2.89. The first-order valence-corrected chi connectivity index (χ1v) is 5.82. The van der Waals surface area contributed by atoms with Crippen LogP contribution in [0.15, 0.2) is 30.5 Å². The standard InChI is InChI=1S/C12H8F3N5O/c13-12(14,15)11(21)19-8-5-16-20-9(8)10-17-6-3-1-2-4-7(6)18-10/h1-5H,(H,16,20)(H,17,18)(H,19,21). The molecule has 2 aromatic heterocycles. The van der Waals surface area contributed by atoms with Crippen LogP contribution in [-0.4, -0.2) is 32.2 Å². The van der Waals surface area contributed by atoms with Crippen molar-refractivity contribution in [2.45, 2.75) is 6.18 Å². The number of carbonyl (C=O) groups excluding carboxylic acids is 1. The van der Waals surface area contributed by atoms with Gasteiger partial charge in [-0.3, -0.25) is 9.89 Å². The lowest BCUT2D eigenvalue weighted by Gasteiger charge is -2.06. The van der Waals surface area contributed by atoms with E-state index in [2.05, 4.69) is 20.2 Å². The van der Waals surface area contributed by atoms with Crippen LogP contribution in [0.2, 0.25) is 0 Å². The number of para-hydroxylation sites is 2. The van der Waals surface area contributed by atoms with Gasteiger partial charge in [0.15, 0.2) is 5.82 Å². The highest BCUT2D eigenvalue weighted by molar-refractivity contribution is 5.97. The molecule has 1 aromatic carbocycles. The molecular weight excluding hydrogens is 287 g/mol. The summed E-state index contributed by atoms with van der Waals surface area (Å²) in [7, 11) is 0. The number of nitrogens with one attached hydrogen (secondary N) is 3. The minimum atomic E-state index is -4.97. The third kappa shape index (κ3) is 2.45. The molecule has 0 unspecified atom stereocenters. The average Bonchev–Trinajstić information content (AvgIpc) is 3.02. The molecule has 0 saturated carbocycles. The number of amides is 1. The number of halogens is 3. The van der Waals surface area contributed by atoms with Crippen LogP contribution in [0.3, 0.4) is 0 Å². The number of nitrogens with zero attached hydrogens (tertiary/aromatic N) is 2. The summed E-state index contributed by atoms with van der Waals surface area (Å²) in [5.41, 5.74) is 1.44. The van der Waals surface area contributed by atoms with E-state index in [1.807, 2.05) is 0 Å². The Bertz CT molecular complexity index is 771. The topological polar surface area (TPSA) is 86.5 Å². The number of aromatic amines is 2. The molecule has 3 rings (SSSR count). The molecule has 3 N–H and O–H groups in total. The second-order valence-corrected chi connectivity index (χ2v) is 4.21. The largest absolute Gasteiger partial charge is 0.471 e. The van der Waals surface area contributed by atoms with E-state index in [4.69, 9.17) is 0 Å². The van der Waals surface area contributed by atoms with Crippen molar-refractivity contribution in [2.75, 3.05) is 5.32 Å². The highest BCUT2D eigenvalue weighted by Gasteiger charge is 2.39. The number of imidazole rings is 1. The lowest BCUT2D eigenvalue weighted by atomic mass is 10.3. The van der Waals surface area contributed by atoms with Crippen LogP contribution in [0.5, 0.6) is 0 Å². The highest BCUT2D eigenvalue weighted by Crippen LogP contribution is 2.26. The highest BCUT2D eigenvalue weighted by atomic mass is 19.4. The predicted octanol–water partition coefficient (Wildman–Crippen LogP) is 2.45. The van der Waals surface area contributed by atoms with E-state index in [0.29, 0.717) is 5.52 Å². The molecule has 0 aliphatic heterocycles. The Morgan fingerprint density at radius 1 is 1.24 bits per heavy atom. The van der Waals surface area contributed by atoms with Gasteiger partial charge in [-0.15, -0.1) is 0 Å². The van der Waals surface area contributed by atoms with Crippen molar-refractivity contribution in [1.29, 1.82) is 0 Å². The number of benzene rings is 1. The predicted molar refractivity (Wildman–Crippen MR) is 68.4 cm³/mol. The van der Waals surface area contributed by atoms with Crippen LogP contribution in [0.25, 0.3) is 22.6 Å². The monoisotopic (exact) mass is 295 g/mol. The number of carbonyl (C=O) groups is 1. The summed E-state index contributed by atoms with van der Waals surface area (Å²) in [6.45, 7) is 0. The van der Waals surface area contributed by atoms with Crippen molar-refractivity contribution in [3.63, 3.8) is 0 Å². The molecule has 21 heavy (non-hydrogen) atoms. The van der Waals surface area contributed by atoms with E-state index in [-0.39, 0.29) is 17.2 Å². The molecule has 108 valence electrons. The van der Waals surface area contributed by atoms with E-state index in [1.165, 1.54) is 0 Å². The quantitative estimate of drug-likeness (QED) is 0.678. The molecule has 0 bridgehead atoms. The molecule has 3 aromatic rings. The van der Waals surface area contributed by atoms with Gasteiger partial charge in [0.05, 0.1) is 22.9 Å². The lowest BCUT2D eigenvalue weighted by Crippen LogP contribution is -2.30. The van der Waals surface area contributed by atoms with Crippen LogP contribution in [0.4, 0.5) is 18.9 Å². The Morgan fingerprint density at radius 2 is 2.00 bits per heavy atom. The normalized spacial score (nSPS) is 11.8. The van der Waals surface area contributed by atoms with Gasteiger partial charge in [0.2, 0.25) is 0 Å². The first-order chi connectivity index (χ1) is 9.95. The zero-order valence-corrected chi connectivity index (χ0v) is 10.3. The fourth-order valence-electron chi connectivity index (χ4n) is 1.83. The Labute approximate surface area is 115 Å². The summed E-state index contributed by atoms with van der Waals surface area (Å²) in [4.78, 5) is 18.1. The molecule has 9 heteroatoms. The van der Waals surface area contributed by atoms with Gasteiger partial charge < -0.3 is 10.3 Å². The molecule has 0 aliphatic rings. The van der Waals surface area contributed by atoms with Crippen molar-refractivity contribution >= 4 is 22.6 Å². The third-order valence-electron chi connectivity index (χ3n) is 2.77. The number of hydrogen-bond donors (Lipinski definition) is 3. The van der Waals surface area contributed by atoms with Gasteiger partial charge in [0.1, 0.15) is 5.69 Å². The van der Waals surface area contributed by atoms with Crippen LogP contribution in [0, 0.1) is 0 Å². The van der Waals surface area contributed by atoms with Gasteiger partial charge >= 0.3 is 12.1 Å². The van der Waals surface area contributed by atoms with E-state index < -0.39 is 12.1 Å². The SMILES string of the molecule is O=C(Nc1cn[nH]c1-c1nc2ccccc2[nH]1)C(F)(F)F. The van der Waals surface area contributed by atoms with Gasteiger partial charge in [0, 0.05) is 0 Å². The molecular formula is C12H8F3N5O. The molecule has 0 spiro atoms. The summed E-state index contributed by atoms with van der Waals surface area (Å²) >= 11 is 0. The minimum Gasteiger partial charge on any atom is -0.337 e. The molecule has 6 nitrogen and oxygen atoms in total. The lowest BCUT2D eigenvalue weighted by molar-refractivity contribution is -0.167. The number of H-pyrrole nitrogens is 2. The van der Waals surface area contributed by atoms with Crippen molar-refractivity contribution in [3.8, 4) is 11.5 Å². The number of anilines is 1. The second-order valence-electron chi connectivity index (χ2n) is 4.21. The number of fused-ring (bicyclic) bond motifs is 1. The van der Waals surface area contributed by atoms with Crippen LogP contribution >= 0.6 is 0 Å². The molecule has 0 atom stereocenters. The van der Waals surface area contributed by atoms with Crippen LogP contribution in [-0.2, 0) is 4.79 Å². The van der Waals surface area contributed by atoms with E-state index >= 15 is 0 Å². The molecule has 0 saturated heterocycles. The number of hydrogen-bond acceptors (Lipinski definition) is 3. The minimum absolute atomic E-state index is 0.101. The molecule has 0 aliphatic carbocycles. The molecule has 0 radical (unpaired) electrons. The Balaban J connectivity index is 1.97. The van der Waals surface area contributed by atoms with Crippen LogP contribution in [0.1, 0.15) is 0 Å². The van der Waals surface area contributed by atoms with Crippen molar-refractivity contribution in [1.82, 2.24) is 20.2 Å². The first-order valence-electron chi connectivity index (χ1n) is 5.82. The zero-order valence-electron chi connectivity index (χ0n) is 10.3. The smallest absolute Gasteiger partial charge is 0.337 e. The number of aromatic nitrogens is 4. The van der Waals surface area contributed by atoms with Gasteiger partial charge in [0.25, 0.3) is 0 Å². The fraction of sp³-hybridized carbons (Fsp3) is 0.0833. The van der Waals surface area contributed by atoms with Gasteiger partial charge in [-0.25, -0.2) is 4.98 Å². The van der Waals surface area contributed by atoms with Gasteiger partial charge in [-0.05, 0) is 12.1 Å². The van der Waals surface area contributed by atoms with Gasteiger partial charge in [-0.2, -0.15) is 18.3 Å². The number of alkyl halides is 3. The maximum absolute atomic E-state index is 12.3. The van der Waals surface area contributed by atoms with Crippen molar-refractivity contribution in [2.24, 2.45) is 0 Å². The van der Waals surface area contributed by atoms with E-state index in [0.717, 1.165) is 11.7 Å². The van der Waals surface area contributed by atoms with Crippen LogP contribution < -0.4 is 5.32 Å². The molecule has 1 amide bonds. The van der Waals surface area contributed by atoms with Crippen molar-refractivity contribution in [3.05, 3.63) is 30.5 Å². The fourth-order valence-corrected chi connectivity index (χ4v) is 1.83.